The Morgan fingerprint density at radius 1 is 1.56 bits per heavy atom. The standard InChI is InChI=1S/C12H18N2O3S/c1-9(15)11-4-3-6-13-12(11)14(2)10-5-7-18(16,17)8-10/h3-4,6,9-10,15H,5,7-8H2,1-2H3/t9-,10?/m1/s1. The normalized spacial score (nSPS) is 23.8. The Morgan fingerprint density at radius 2 is 2.28 bits per heavy atom. The van der Waals surface area contributed by atoms with E-state index in [4.69, 9.17) is 0 Å². The summed E-state index contributed by atoms with van der Waals surface area (Å²) >= 11 is 0. The smallest absolute Gasteiger partial charge is 0.152 e. The van der Waals surface area contributed by atoms with Crippen molar-refractivity contribution in [2.75, 3.05) is 23.5 Å². The number of sulfone groups is 1. The van der Waals surface area contributed by atoms with Crippen molar-refractivity contribution in [2.45, 2.75) is 25.5 Å². The summed E-state index contributed by atoms with van der Waals surface area (Å²) in [6, 6.07) is 3.53. The molecule has 2 heterocycles. The fourth-order valence-electron chi connectivity index (χ4n) is 2.28. The van der Waals surface area contributed by atoms with Gasteiger partial charge in [0.1, 0.15) is 5.82 Å². The van der Waals surface area contributed by atoms with Gasteiger partial charge in [0.05, 0.1) is 17.6 Å². The molecule has 0 saturated carbocycles. The molecule has 0 radical (unpaired) electrons. The first kappa shape index (κ1) is 13.3. The molecular formula is C12H18N2O3S. The molecule has 0 aliphatic carbocycles. The van der Waals surface area contributed by atoms with Gasteiger partial charge in [-0.2, -0.15) is 0 Å². The average Bonchev–Trinajstić information content (AvgIpc) is 2.68. The fourth-order valence-corrected chi connectivity index (χ4v) is 4.06. The fraction of sp³-hybridized carbons (Fsp3) is 0.583. The molecule has 100 valence electrons. The highest BCUT2D eigenvalue weighted by Crippen LogP contribution is 2.27. The monoisotopic (exact) mass is 270 g/mol. The van der Waals surface area contributed by atoms with Gasteiger partial charge in [0.15, 0.2) is 9.84 Å². The number of aromatic nitrogens is 1. The summed E-state index contributed by atoms with van der Waals surface area (Å²) in [5.74, 6) is 1.06. The molecule has 2 rings (SSSR count). The van der Waals surface area contributed by atoms with E-state index >= 15 is 0 Å². The number of anilines is 1. The minimum Gasteiger partial charge on any atom is -0.389 e. The van der Waals surface area contributed by atoms with Crippen LogP contribution in [0.15, 0.2) is 18.3 Å². The molecule has 18 heavy (non-hydrogen) atoms. The van der Waals surface area contributed by atoms with Gasteiger partial charge in [0, 0.05) is 24.8 Å². The first-order valence-electron chi connectivity index (χ1n) is 5.97. The highest BCUT2D eigenvalue weighted by molar-refractivity contribution is 7.91. The van der Waals surface area contributed by atoms with Crippen molar-refractivity contribution < 1.29 is 13.5 Å². The van der Waals surface area contributed by atoms with Crippen LogP contribution < -0.4 is 4.90 Å². The van der Waals surface area contributed by atoms with Crippen molar-refractivity contribution in [1.29, 1.82) is 0 Å². The molecule has 1 N–H and O–H groups in total. The average molecular weight is 270 g/mol. The van der Waals surface area contributed by atoms with Crippen LogP contribution in [0, 0.1) is 0 Å². The Kier molecular flexibility index (Phi) is 3.59. The van der Waals surface area contributed by atoms with E-state index in [1.165, 1.54) is 0 Å². The van der Waals surface area contributed by atoms with Gasteiger partial charge in [-0.1, -0.05) is 6.07 Å². The van der Waals surface area contributed by atoms with Crippen LogP contribution in [0.4, 0.5) is 5.82 Å². The number of aliphatic hydroxyl groups excluding tert-OH is 1. The third-order valence-electron chi connectivity index (χ3n) is 3.36. The highest BCUT2D eigenvalue weighted by Gasteiger charge is 2.32. The van der Waals surface area contributed by atoms with Gasteiger partial charge in [-0.25, -0.2) is 13.4 Å². The second-order valence-corrected chi connectivity index (χ2v) is 6.99. The molecule has 1 saturated heterocycles. The van der Waals surface area contributed by atoms with Crippen molar-refractivity contribution in [3.8, 4) is 0 Å². The summed E-state index contributed by atoms with van der Waals surface area (Å²) in [4.78, 5) is 6.13. The van der Waals surface area contributed by atoms with Crippen LogP contribution in [0.1, 0.15) is 25.0 Å². The maximum absolute atomic E-state index is 11.5. The number of aliphatic hydroxyl groups is 1. The van der Waals surface area contributed by atoms with Crippen LogP contribution in [-0.4, -0.2) is 43.1 Å². The van der Waals surface area contributed by atoms with Gasteiger partial charge < -0.3 is 10.0 Å². The van der Waals surface area contributed by atoms with E-state index < -0.39 is 15.9 Å². The summed E-state index contributed by atoms with van der Waals surface area (Å²) in [6.45, 7) is 1.68. The van der Waals surface area contributed by atoms with E-state index in [-0.39, 0.29) is 17.5 Å². The summed E-state index contributed by atoms with van der Waals surface area (Å²) in [6.07, 6.45) is 1.66. The lowest BCUT2D eigenvalue weighted by Crippen LogP contribution is -2.34. The minimum absolute atomic E-state index is 0.0533. The second kappa shape index (κ2) is 4.85. The molecule has 0 bridgehead atoms. The van der Waals surface area contributed by atoms with E-state index in [1.807, 2.05) is 18.0 Å². The lowest BCUT2D eigenvalue weighted by atomic mass is 10.1. The van der Waals surface area contributed by atoms with E-state index in [9.17, 15) is 13.5 Å². The Labute approximate surface area is 107 Å². The Bertz CT molecular complexity index is 528. The zero-order valence-electron chi connectivity index (χ0n) is 10.6. The molecule has 1 aromatic heterocycles. The third-order valence-corrected chi connectivity index (χ3v) is 5.11. The van der Waals surface area contributed by atoms with Crippen LogP contribution in [0.5, 0.6) is 0 Å². The number of nitrogens with zero attached hydrogens (tertiary/aromatic N) is 2. The largest absolute Gasteiger partial charge is 0.389 e. The molecule has 2 atom stereocenters. The van der Waals surface area contributed by atoms with Gasteiger partial charge in [-0.15, -0.1) is 0 Å². The molecule has 1 aromatic rings. The van der Waals surface area contributed by atoms with Gasteiger partial charge in [-0.05, 0) is 19.4 Å². The predicted molar refractivity (Wildman–Crippen MR) is 70.3 cm³/mol. The zero-order chi connectivity index (χ0) is 13.3. The van der Waals surface area contributed by atoms with Crippen molar-refractivity contribution in [1.82, 2.24) is 4.98 Å². The van der Waals surface area contributed by atoms with Crippen LogP contribution in [0.3, 0.4) is 0 Å². The number of hydrogen-bond acceptors (Lipinski definition) is 5. The van der Waals surface area contributed by atoms with Gasteiger partial charge in [0.25, 0.3) is 0 Å². The molecule has 6 heteroatoms. The van der Waals surface area contributed by atoms with Crippen LogP contribution >= 0.6 is 0 Å². The Hall–Kier alpha value is -1.14. The summed E-state index contributed by atoms with van der Waals surface area (Å²) < 4.78 is 23.0. The second-order valence-electron chi connectivity index (χ2n) is 4.76. The zero-order valence-corrected chi connectivity index (χ0v) is 11.4. The lowest BCUT2D eigenvalue weighted by Gasteiger charge is -2.27. The first-order chi connectivity index (χ1) is 8.41. The molecule has 1 fully saturated rings. The number of hydrogen-bond donors (Lipinski definition) is 1. The van der Waals surface area contributed by atoms with Crippen LogP contribution in [0.2, 0.25) is 0 Å². The first-order valence-corrected chi connectivity index (χ1v) is 7.79. The maximum Gasteiger partial charge on any atom is 0.152 e. The molecule has 0 aromatic carbocycles. The molecule has 1 unspecified atom stereocenters. The van der Waals surface area contributed by atoms with Crippen LogP contribution in [-0.2, 0) is 9.84 Å². The van der Waals surface area contributed by atoms with Crippen molar-refractivity contribution in [2.24, 2.45) is 0 Å². The SMILES string of the molecule is C[C@@H](O)c1cccnc1N(C)C1CCS(=O)(=O)C1. The summed E-state index contributed by atoms with van der Waals surface area (Å²) in [5, 5.41) is 9.71. The van der Waals surface area contributed by atoms with E-state index in [2.05, 4.69) is 4.98 Å². The van der Waals surface area contributed by atoms with Gasteiger partial charge in [-0.3, -0.25) is 0 Å². The molecule has 1 aliphatic rings. The minimum atomic E-state index is -2.91. The molecule has 0 spiro atoms. The Balaban J connectivity index is 2.27. The van der Waals surface area contributed by atoms with Crippen molar-refractivity contribution in [3.63, 3.8) is 0 Å². The summed E-state index contributed by atoms with van der Waals surface area (Å²) in [7, 11) is -1.08. The molecular weight excluding hydrogens is 252 g/mol. The van der Waals surface area contributed by atoms with E-state index in [0.29, 0.717) is 12.2 Å². The van der Waals surface area contributed by atoms with Gasteiger partial charge in [0.2, 0.25) is 0 Å². The van der Waals surface area contributed by atoms with Gasteiger partial charge >= 0.3 is 0 Å². The van der Waals surface area contributed by atoms with E-state index in [0.717, 1.165) is 5.56 Å². The van der Waals surface area contributed by atoms with Crippen LogP contribution in [0.25, 0.3) is 0 Å². The number of pyridine rings is 1. The summed E-state index contributed by atoms with van der Waals surface area (Å²) in [5.41, 5.74) is 0.726. The molecule has 1 aliphatic heterocycles. The predicted octanol–water partition coefficient (Wildman–Crippen LogP) is 0.758. The lowest BCUT2D eigenvalue weighted by molar-refractivity contribution is 0.199. The van der Waals surface area contributed by atoms with E-state index in [1.54, 1.807) is 19.2 Å². The maximum atomic E-state index is 11.5. The Morgan fingerprint density at radius 3 is 2.83 bits per heavy atom. The highest BCUT2D eigenvalue weighted by atomic mass is 32.2. The number of rotatable bonds is 3. The molecule has 5 nitrogen and oxygen atoms in total. The molecule has 0 amide bonds. The third kappa shape index (κ3) is 2.64. The van der Waals surface area contributed by atoms with Crippen molar-refractivity contribution >= 4 is 15.7 Å². The quantitative estimate of drug-likeness (QED) is 0.878. The van der Waals surface area contributed by atoms with Crippen molar-refractivity contribution in [3.05, 3.63) is 23.9 Å². The topological polar surface area (TPSA) is 70.5 Å².